The maximum absolute atomic E-state index is 12.8. The van der Waals surface area contributed by atoms with E-state index in [0.717, 1.165) is 41.3 Å². The number of piperidine rings is 1. The van der Waals surface area contributed by atoms with Crippen LogP contribution in [-0.4, -0.2) is 28.3 Å². The lowest BCUT2D eigenvalue weighted by atomic mass is 10.0. The number of nitrogens with zero attached hydrogens (tertiary/aromatic N) is 1. The van der Waals surface area contributed by atoms with Gasteiger partial charge in [-0.05, 0) is 60.2 Å². The van der Waals surface area contributed by atoms with Crippen molar-refractivity contribution in [1.29, 1.82) is 0 Å². The van der Waals surface area contributed by atoms with E-state index in [4.69, 9.17) is 11.6 Å². The summed E-state index contributed by atoms with van der Waals surface area (Å²) in [6, 6.07) is 6.54. The second-order valence-electron chi connectivity index (χ2n) is 5.60. The summed E-state index contributed by atoms with van der Waals surface area (Å²) in [4.78, 5) is 14.9. The van der Waals surface area contributed by atoms with Crippen molar-refractivity contribution in [3.05, 3.63) is 33.8 Å². The molecule has 4 heteroatoms. The number of alkyl halides is 1. The molecular weight excluding hydrogens is 326 g/mol. The summed E-state index contributed by atoms with van der Waals surface area (Å²) in [6.07, 6.45) is 4.08. The third-order valence-electron chi connectivity index (χ3n) is 4.33. The number of hydrogen-bond acceptors (Lipinski definition) is 1. The molecule has 2 atom stereocenters. The molecule has 0 N–H and O–H groups in total. The Hall–Kier alpha value is -0.540. The van der Waals surface area contributed by atoms with Crippen molar-refractivity contribution in [3.63, 3.8) is 0 Å². The third-order valence-corrected chi connectivity index (χ3v) is 5.74. The Balaban J connectivity index is 1.91. The van der Waals surface area contributed by atoms with E-state index in [9.17, 15) is 4.79 Å². The lowest BCUT2D eigenvalue weighted by Gasteiger charge is -2.37. The molecule has 0 spiro atoms. The Kier molecular flexibility index (Phi) is 3.61. The molecule has 1 amide bonds. The third kappa shape index (κ3) is 2.31. The van der Waals surface area contributed by atoms with E-state index in [2.05, 4.69) is 20.8 Å². The molecule has 2 nitrogen and oxygen atoms in total. The van der Waals surface area contributed by atoms with Gasteiger partial charge in [0, 0.05) is 21.9 Å². The standard InChI is InChI=1S/C15H17BrClNO/c1-9-3-2-4-13(14(9)16)15(19)18-11-5-6-12(18)8-10(17)7-11/h2-4,10-12H,5-8H2,1H3. The number of fused-ring (bicyclic) bond motifs is 2. The lowest BCUT2D eigenvalue weighted by Crippen LogP contribution is -2.47. The van der Waals surface area contributed by atoms with Crippen molar-refractivity contribution in [2.45, 2.75) is 50.1 Å². The minimum absolute atomic E-state index is 0.159. The van der Waals surface area contributed by atoms with Crippen LogP contribution >= 0.6 is 27.5 Å². The van der Waals surface area contributed by atoms with Gasteiger partial charge in [0.15, 0.2) is 0 Å². The first kappa shape index (κ1) is 13.4. The van der Waals surface area contributed by atoms with Gasteiger partial charge in [-0.15, -0.1) is 11.6 Å². The van der Waals surface area contributed by atoms with Crippen molar-refractivity contribution in [2.24, 2.45) is 0 Å². The van der Waals surface area contributed by atoms with Crippen LogP contribution in [0.15, 0.2) is 22.7 Å². The molecule has 2 bridgehead atoms. The first-order valence-corrected chi connectivity index (χ1v) is 8.02. The first-order valence-electron chi connectivity index (χ1n) is 6.79. The molecule has 2 aliphatic heterocycles. The molecule has 102 valence electrons. The summed E-state index contributed by atoms with van der Waals surface area (Å²) >= 11 is 9.82. The van der Waals surface area contributed by atoms with Gasteiger partial charge in [0.25, 0.3) is 5.91 Å². The van der Waals surface area contributed by atoms with E-state index in [-0.39, 0.29) is 11.3 Å². The number of benzene rings is 1. The van der Waals surface area contributed by atoms with Gasteiger partial charge in [-0.1, -0.05) is 12.1 Å². The van der Waals surface area contributed by atoms with Crippen molar-refractivity contribution in [1.82, 2.24) is 4.90 Å². The van der Waals surface area contributed by atoms with Crippen LogP contribution in [-0.2, 0) is 0 Å². The highest BCUT2D eigenvalue weighted by Crippen LogP contribution is 2.39. The van der Waals surface area contributed by atoms with E-state index < -0.39 is 0 Å². The van der Waals surface area contributed by atoms with Crippen molar-refractivity contribution in [2.75, 3.05) is 0 Å². The number of aryl methyl sites for hydroxylation is 1. The van der Waals surface area contributed by atoms with Crippen LogP contribution < -0.4 is 0 Å². The first-order chi connectivity index (χ1) is 9.08. The van der Waals surface area contributed by atoms with Gasteiger partial charge in [-0.3, -0.25) is 4.79 Å². The molecule has 0 aromatic heterocycles. The minimum atomic E-state index is 0.159. The topological polar surface area (TPSA) is 20.3 Å². The SMILES string of the molecule is Cc1cccc(C(=O)N2C3CCC2CC(Cl)C3)c1Br. The summed E-state index contributed by atoms with van der Waals surface area (Å²) in [5.74, 6) is 0.159. The maximum atomic E-state index is 12.8. The van der Waals surface area contributed by atoms with Crippen molar-refractivity contribution in [3.8, 4) is 0 Å². The number of carbonyl (C=O) groups is 1. The van der Waals surface area contributed by atoms with Gasteiger partial charge in [-0.25, -0.2) is 0 Å². The largest absolute Gasteiger partial charge is 0.333 e. The molecule has 19 heavy (non-hydrogen) atoms. The van der Waals surface area contributed by atoms with Crippen LogP contribution in [0.4, 0.5) is 0 Å². The number of rotatable bonds is 1. The van der Waals surface area contributed by atoms with Crippen molar-refractivity contribution >= 4 is 33.4 Å². The quantitative estimate of drug-likeness (QED) is 0.703. The Bertz CT molecular complexity index is 505. The zero-order chi connectivity index (χ0) is 13.6. The molecule has 2 unspecified atom stereocenters. The molecular formula is C15H17BrClNO. The van der Waals surface area contributed by atoms with Gasteiger partial charge in [0.2, 0.25) is 0 Å². The van der Waals surface area contributed by atoms with Crippen LogP contribution in [0.3, 0.4) is 0 Å². The molecule has 0 saturated carbocycles. The molecule has 1 aromatic carbocycles. The fraction of sp³-hybridized carbons (Fsp3) is 0.533. The maximum Gasteiger partial charge on any atom is 0.255 e. The highest BCUT2D eigenvalue weighted by Gasteiger charge is 2.43. The zero-order valence-corrected chi connectivity index (χ0v) is 13.2. The highest BCUT2D eigenvalue weighted by atomic mass is 79.9. The minimum Gasteiger partial charge on any atom is -0.333 e. The van der Waals surface area contributed by atoms with Gasteiger partial charge in [-0.2, -0.15) is 0 Å². The zero-order valence-electron chi connectivity index (χ0n) is 10.9. The average Bonchev–Trinajstić information content (AvgIpc) is 2.64. The Morgan fingerprint density at radius 3 is 2.58 bits per heavy atom. The number of halogens is 2. The van der Waals surface area contributed by atoms with Crippen LogP contribution in [0.2, 0.25) is 0 Å². The fourth-order valence-corrected chi connectivity index (χ4v) is 4.24. The Morgan fingerprint density at radius 2 is 1.95 bits per heavy atom. The average molecular weight is 343 g/mol. The van der Waals surface area contributed by atoms with E-state index in [1.165, 1.54) is 0 Å². The van der Waals surface area contributed by atoms with E-state index >= 15 is 0 Å². The summed E-state index contributed by atoms with van der Waals surface area (Å²) in [7, 11) is 0. The molecule has 2 saturated heterocycles. The molecule has 0 aliphatic carbocycles. The Morgan fingerprint density at radius 1 is 1.32 bits per heavy atom. The molecule has 0 radical (unpaired) electrons. The number of amides is 1. The number of carbonyl (C=O) groups excluding carboxylic acids is 1. The lowest BCUT2D eigenvalue weighted by molar-refractivity contribution is 0.0598. The highest BCUT2D eigenvalue weighted by molar-refractivity contribution is 9.10. The second-order valence-corrected chi connectivity index (χ2v) is 7.01. The summed E-state index contributed by atoms with van der Waals surface area (Å²) in [6.45, 7) is 2.01. The van der Waals surface area contributed by atoms with Crippen LogP contribution in [0.25, 0.3) is 0 Å². The van der Waals surface area contributed by atoms with Gasteiger partial charge in [0.1, 0.15) is 0 Å². The van der Waals surface area contributed by atoms with Crippen LogP contribution in [0, 0.1) is 6.92 Å². The van der Waals surface area contributed by atoms with E-state index in [1.54, 1.807) is 0 Å². The fourth-order valence-electron chi connectivity index (χ4n) is 3.39. The molecule has 1 aromatic rings. The predicted octanol–water partition coefficient (Wildman–Crippen LogP) is 4.13. The van der Waals surface area contributed by atoms with Gasteiger partial charge >= 0.3 is 0 Å². The smallest absolute Gasteiger partial charge is 0.255 e. The second kappa shape index (κ2) is 5.10. The summed E-state index contributed by atoms with van der Waals surface area (Å²) in [5.41, 5.74) is 1.88. The van der Waals surface area contributed by atoms with E-state index in [1.807, 2.05) is 25.1 Å². The Labute approximate surface area is 127 Å². The number of hydrogen-bond donors (Lipinski definition) is 0. The summed E-state index contributed by atoms with van der Waals surface area (Å²) < 4.78 is 0.924. The molecule has 2 heterocycles. The normalized spacial score (nSPS) is 29.6. The van der Waals surface area contributed by atoms with Gasteiger partial charge in [0.05, 0.1) is 5.56 Å². The van der Waals surface area contributed by atoms with E-state index in [0.29, 0.717) is 12.1 Å². The van der Waals surface area contributed by atoms with Crippen LogP contribution in [0.5, 0.6) is 0 Å². The van der Waals surface area contributed by atoms with Crippen molar-refractivity contribution < 1.29 is 4.79 Å². The van der Waals surface area contributed by atoms with Gasteiger partial charge < -0.3 is 4.90 Å². The predicted molar refractivity (Wildman–Crippen MR) is 80.7 cm³/mol. The molecule has 2 aliphatic rings. The monoisotopic (exact) mass is 341 g/mol. The molecule has 3 rings (SSSR count). The summed E-state index contributed by atoms with van der Waals surface area (Å²) in [5, 5.41) is 0.238. The molecule has 2 fully saturated rings. The van der Waals surface area contributed by atoms with Crippen LogP contribution in [0.1, 0.15) is 41.6 Å².